The number of sulfone groups is 1. The fourth-order valence-corrected chi connectivity index (χ4v) is 2.45. The molecule has 6 nitrogen and oxygen atoms in total. The molecule has 0 aliphatic carbocycles. The van der Waals surface area contributed by atoms with E-state index < -0.39 is 15.7 Å². The molecule has 0 spiro atoms. The van der Waals surface area contributed by atoms with Gasteiger partial charge in [0.15, 0.2) is 20.0 Å². The van der Waals surface area contributed by atoms with Gasteiger partial charge in [-0.2, -0.15) is 0 Å². The fraction of sp³-hybridized carbons (Fsp3) is 0.0833. The molecule has 0 fully saturated rings. The molecule has 1 N–H and O–H groups in total. The third kappa shape index (κ3) is 3.28. The van der Waals surface area contributed by atoms with E-state index >= 15 is 0 Å². The quantitative estimate of drug-likeness (QED) is 0.866. The highest BCUT2D eigenvalue weighted by atomic mass is 32.2. The fourth-order valence-electron chi connectivity index (χ4n) is 1.37. The minimum absolute atomic E-state index is 0.0469. The summed E-state index contributed by atoms with van der Waals surface area (Å²) in [5, 5.41) is 4.75. The first-order valence-corrected chi connectivity index (χ1v) is 8.21. The molecule has 104 valence electrons. The van der Waals surface area contributed by atoms with Crippen LogP contribution in [0.15, 0.2) is 41.5 Å². The summed E-state index contributed by atoms with van der Waals surface area (Å²) < 4.78 is 22.6. The van der Waals surface area contributed by atoms with Gasteiger partial charge >= 0.3 is 0 Å². The van der Waals surface area contributed by atoms with Crippen LogP contribution in [0.1, 0.15) is 5.56 Å². The summed E-state index contributed by atoms with van der Waals surface area (Å²) in [5.74, 6) is -0.408. The average Bonchev–Trinajstić information content (AvgIpc) is 2.90. The van der Waals surface area contributed by atoms with Crippen LogP contribution in [0.5, 0.6) is 0 Å². The molecule has 2 heterocycles. The maximum atomic E-state index is 11.9. The maximum absolute atomic E-state index is 11.9. The second-order valence-corrected chi connectivity index (χ2v) is 6.78. The second kappa shape index (κ2) is 5.51. The molecule has 0 bridgehead atoms. The standard InChI is InChI=1S/C12H11N3O3S2/c1-8(11(16)15-12-13-5-6-19-12)9-3-4-10(14-7-9)20(2,17)18/h3-7H,1H2,2H3,(H,13,15,16). The van der Waals surface area contributed by atoms with Crippen molar-refractivity contribution in [1.29, 1.82) is 0 Å². The van der Waals surface area contributed by atoms with Crippen LogP contribution < -0.4 is 5.32 Å². The smallest absolute Gasteiger partial charge is 0.257 e. The van der Waals surface area contributed by atoms with Crippen molar-refractivity contribution in [3.63, 3.8) is 0 Å². The molecule has 0 radical (unpaired) electrons. The highest BCUT2D eigenvalue weighted by Gasteiger charge is 2.13. The van der Waals surface area contributed by atoms with E-state index in [9.17, 15) is 13.2 Å². The van der Waals surface area contributed by atoms with E-state index in [1.54, 1.807) is 11.6 Å². The first-order chi connectivity index (χ1) is 9.38. The number of anilines is 1. The first-order valence-electron chi connectivity index (χ1n) is 5.44. The Bertz CT molecular complexity index is 735. The van der Waals surface area contributed by atoms with Gasteiger partial charge in [-0.05, 0) is 12.1 Å². The van der Waals surface area contributed by atoms with Crippen molar-refractivity contribution in [2.24, 2.45) is 0 Å². The summed E-state index contributed by atoms with van der Waals surface area (Å²) in [7, 11) is -3.36. The average molecular weight is 309 g/mol. The van der Waals surface area contributed by atoms with Crippen molar-refractivity contribution in [2.75, 3.05) is 11.6 Å². The summed E-state index contributed by atoms with van der Waals surface area (Å²) in [5.41, 5.74) is 0.638. The summed E-state index contributed by atoms with van der Waals surface area (Å²) in [4.78, 5) is 19.6. The van der Waals surface area contributed by atoms with Crippen LogP contribution in [0.2, 0.25) is 0 Å². The molecule has 0 saturated carbocycles. The molecule has 0 saturated heterocycles. The van der Waals surface area contributed by atoms with Gasteiger partial charge < -0.3 is 0 Å². The molecule has 2 aromatic rings. The summed E-state index contributed by atoms with van der Waals surface area (Å²) in [6.07, 6.45) is 3.95. The number of carbonyl (C=O) groups is 1. The van der Waals surface area contributed by atoms with E-state index in [-0.39, 0.29) is 10.6 Å². The summed E-state index contributed by atoms with van der Waals surface area (Å²) in [6.45, 7) is 3.67. The van der Waals surface area contributed by atoms with Gasteiger partial charge in [0.2, 0.25) is 0 Å². The zero-order valence-electron chi connectivity index (χ0n) is 10.5. The van der Waals surface area contributed by atoms with Crippen LogP contribution >= 0.6 is 11.3 Å². The lowest BCUT2D eigenvalue weighted by atomic mass is 10.1. The van der Waals surface area contributed by atoms with Crippen LogP contribution in [0, 0.1) is 0 Å². The largest absolute Gasteiger partial charge is 0.298 e. The number of hydrogen-bond donors (Lipinski definition) is 1. The molecular formula is C12H11N3O3S2. The zero-order chi connectivity index (χ0) is 14.8. The monoisotopic (exact) mass is 309 g/mol. The number of pyridine rings is 1. The van der Waals surface area contributed by atoms with E-state index in [1.807, 2.05) is 0 Å². The lowest BCUT2D eigenvalue weighted by Crippen LogP contribution is -2.13. The van der Waals surface area contributed by atoms with Crippen LogP contribution in [0.25, 0.3) is 5.57 Å². The number of nitrogens with zero attached hydrogens (tertiary/aromatic N) is 2. The first kappa shape index (κ1) is 14.4. The second-order valence-electron chi connectivity index (χ2n) is 3.93. The van der Waals surface area contributed by atoms with Gasteiger partial charge in [-0.3, -0.25) is 10.1 Å². The molecular weight excluding hydrogens is 298 g/mol. The highest BCUT2D eigenvalue weighted by Crippen LogP contribution is 2.17. The minimum Gasteiger partial charge on any atom is -0.298 e. The van der Waals surface area contributed by atoms with Crippen molar-refractivity contribution in [3.05, 3.63) is 42.0 Å². The van der Waals surface area contributed by atoms with E-state index in [1.165, 1.54) is 29.7 Å². The van der Waals surface area contributed by atoms with Gasteiger partial charge in [0.05, 0.1) is 0 Å². The lowest BCUT2D eigenvalue weighted by molar-refractivity contribution is -0.111. The van der Waals surface area contributed by atoms with E-state index in [0.29, 0.717) is 10.7 Å². The molecule has 0 aromatic carbocycles. The zero-order valence-corrected chi connectivity index (χ0v) is 12.2. The minimum atomic E-state index is -3.36. The van der Waals surface area contributed by atoms with Gasteiger partial charge in [0.1, 0.15) is 0 Å². The number of carbonyl (C=O) groups excluding carboxylic acids is 1. The molecule has 2 rings (SSSR count). The molecule has 8 heteroatoms. The Balaban J connectivity index is 2.15. The summed E-state index contributed by atoms with van der Waals surface area (Å²) >= 11 is 1.29. The number of aromatic nitrogens is 2. The number of nitrogens with one attached hydrogen (secondary N) is 1. The van der Waals surface area contributed by atoms with Crippen LogP contribution in [-0.2, 0) is 14.6 Å². The van der Waals surface area contributed by atoms with Gasteiger partial charge in [0, 0.05) is 35.2 Å². The van der Waals surface area contributed by atoms with Gasteiger partial charge in [-0.25, -0.2) is 18.4 Å². The highest BCUT2D eigenvalue weighted by molar-refractivity contribution is 7.90. The number of thiazole rings is 1. The predicted octanol–water partition coefficient (Wildman–Crippen LogP) is 1.59. The van der Waals surface area contributed by atoms with Crippen molar-refractivity contribution >= 4 is 37.8 Å². The molecule has 0 unspecified atom stereocenters. The van der Waals surface area contributed by atoms with E-state index in [4.69, 9.17) is 0 Å². The van der Waals surface area contributed by atoms with Crippen LogP contribution in [-0.4, -0.2) is 30.5 Å². The normalized spacial score (nSPS) is 11.1. The Morgan fingerprint density at radius 1 is 1.35 bits per heavy atom. The third-order valence-corrected chi connectivity index (χ3v) is 4.08. The maximum Gasteiger partial charge on any atom is 0.257 e. The van der Waals surface area contributed by atoms with E-state index in [2.05, 4.69) is 21.9 Å². The van der Waals surface area contributed by atoms with Crippen molar-refractivity contribution < 1.29 is 13.2 Å². The molecule has 0 atom stereocenters. The summed E-state index contributed by atoms with van der Waals surface area (Å²) in [6, 6.07) is 2.83. The van der Waals surface area contributed by atoms with Crippen molar-refractivity contribution in [1.82, 2.24) is 9.97 Å². The SMILES string of the molecule is C=C(C(=O)Nc1nccs1)c1ccc(S(C)(=O)=O)nc1. The topological polar surface area (TPSA) is 89.0 Å². The van der Waals surface area contributed by atoms with Crippen LogP contribution in [0.4, 0.5) is 5.13 Å². The van der Waals surface area contributed by atoms with Gasteiger partial charge in [0.25, 0.3) is 5.91 Å². The molecule has 1 amide bonds. The Morgan fingerprint density at radius 2 is 2.10 bits per heavy atom. The molecule has 2 aromatic heterocycles. The Morgan fingerprint density at radius 3 is 2.60 bits per heavy atom. The van der Waals surface area contributed by atoms with Crippen molar-refractivity contribution in [2.45, 2.75) is 5.03 Å². The molecule has 0 aliphatic heterocycles. The van der Waals surface area contributed by atoms with Gasteiger partial charge in [-0.1, -0.05) is 6.58 Å². The number of amides is 1. The number of hydrogen-bond acceptors (Lipinski definition) is 6. The molecule has 20 heavy (non-hydrogen) atoms. The Kier molecular flexibility index (Phi) is 3.96. The molecule has 0 aliphatic rings. The lowest BCUT2D eigenvalue weighted by Gasteiger charge is -2.05. The van der Waals surface area contributed by atoms with Crippen molar-refractivity contribution in [3.8, 4) is 0 Å². The Hall–Kier alpha value is -2.06. The third-order valence-electron chi connectivity index (χ3n) is 2.39. The van der Waals surface area contributed by atoms with Gasteiger partial charge in [-0.15, -0.1) is 11.3 Å². The number of rotatable bonds is 4. The predicted molar refractivity (Wildman–Crippen MR) is 77.1 cm³/mol. The van der Waals surface area contributed by atoms with E-state index in [0.717, 1.165) is 6.26 Å². The van der Waals surface area contributed by atoms with Crippen LogP contribution in [0.3, 0.4) is 0 Å². The Labute approximate surface area is 120 Å².